The van der Waals surface area contributed by atoms with Gasteiger partial charge in [-0.25, -0.2) is 15.2 Å². The lowest BCUT2D eigenvalue weighted by Crippen LogP contribution is -2.11. The van der Waals surface area contributed by atoms with Crippen molar-refractivity contribution in [3.8, 4) is 0 Å². The van der Waals surface area contributed by atoms with E-state index in [1.165, 1.54) is 17.4 Å². The van der Waals surface area contributed by atoms with E-state index in [1.54, 1.807) is 12.1 Å². The molecular weight excluding hydrogens is 357 g/mol. The van der Waals surface area contributed by atoms with Gasteiger partial charge in [0, 0.05) is 9.35 Å². The van der Waals surface area contributed by atoms with Gasteiger partial charge in [0.25, 0.3) is 0 Å². The van der Waals surface area contributed by atoms with Crippen molar-refractivity contribution in [1.82, 2.24) is 9.97 Å². The zero-order valence-corrected chi connectivity index (χ0v) is 13.3. The van der Waals surface area contributed by atoms with Crippen molar-refractivity contribution in [2.45, 2.75) is 6.92 Å². The highest BCUT2D eigenvalue weighted by Crippen LogP contribution is 2.32. The van der Waals surface area contributed by atoms with Crippen molar-refractivity contribution in [3.63, 3.8) is 0 Å². The van der Waals surface area contributed by atoms with Gasteiger partial charge in [-0.05, 0) is 31.2 Å². The fourth-order valence-electron chi connectivity index (χ4n) is 1.92. The minimum Gasteiger partial charge on any atom is -0.337 e. The second kappa shape index (κ2) is 5.55. The molecule has 0 fully saturated rings. The Kier molecular flexibility index (Phi) is 3.75. The van der Waals surface area contributed by atoms with E-state index in [4.69, 9.17) is 5.84 Å². The number of nitrogens with zero attached hydrogens (tertiary/aromatic N) is 2. The van der Waals surface area contributed by atoms with Gasteiger partial charge in [0.15, 0.2) is 0 Å². The molecule has 3 aromatic rings. The molecule has 0 atom stereocenters. The predicted molar refractivity (Wildman–Crippen MR) is 87.3 cm³/mol. The Morgan fingerprint density at radius 2 is 2.10 bits per heavy atom. The number of aryl methyl sites for hydroxylation is 1. The van der Waals surface area contributed by atoms with Crippen molar-refractivity contribution in [1.29, 1.82) is 0 Å². The molecule has 0 amide bonds. The van der Waals surface area contributed by atoms with E-state index >= 15 is 0 Å². The van der Waals surface area contributed by atoms with Crippen LogP contribution in [0.3, 0.4) is 0 Å². The van der Waals surface area contributed by atoms with E-state index in [1.807, 2.05) is 13.0 Å². The van der Waals surface area contributed by atoms with Crippen LogP contribution in [0.4, 0.5) is 21.8 Å². The number of nitrogens with one attached hydrogen (secondary N) is 2. The Balaban J connectivity index is 2.10. The summed E-state index contributed by atoms with van der Waals surface area (Å²) in [7, 11) is 0. The highest BCUT2D eigenvalue weighted by atomic mass is 79.9. The smallest absolute Gasteiger partial charge is 0.240 e. The first-order valence-corrected chi connectivity index (χ1v) is 7.64. The van der Waals surface area contributed by atoms with E-state index in [0.717, 1.165) is 15.1 Å². The van der Waals surface area contributed by atoms with Gasteiger partial charge in [-0.2, -0.15) is 4.98 Å². The molecule has 1 aromatic carbocycles. The molecule has 0 aliphatic carbocycles. The molecule has 2 heterocycles. The summed E-state index contributed by atoms with van der Waals surface area (Å²) in [6, 6.07) is 6.74. The van der Waals surface area contributed by atoms with Crippen molar-refractivity contribution < 1.29 is 4.39 Å². The first-order valence-electron chi connectivity index (χ1n) is 6.03. The third-order valence-electron chi connectivity index (χ3n) is 2.83. The molecule has 2 aromatic heterocycles. The van der Waals surface area contributed by atoms with Crippen LogP contribution in [-0.4, -0.2) is 9.97 Å². The third-order valence-corrected chi connectivity index (χ3v) is 4.27. The van der Waals surface area contributed by atoms with Gasteiger partial charge in [-0.3, -0.25) is 5.43 Å². The number of hydrogen-bond donors (Lipinski definition) is 3. The predicted octanol–water partition coefficient (Wildman–Crippen LogP) is 3.93. The third kappa shape index (κ3) is 2.82. The summed E-state index contributed by atoms with van der Waals surface area (Å²) < 4.78 is 14.6. The fraction of sp³-hybridized carbons (Fsp3) is 0.0769. The standard InChI is InChI=1S/C13H11BrFN5S/c1-6-4-8-11(18-13(20-16)19-12(8)21-6)17-10-3-2-7(14)5-9(10)15/h2-5H,16H2,1H3,(H2,17,18,19,20). The summed E-state index contributed by atoms with van der Waals surface area (Å²) in [6.45, 7) is 1.98. The number of anilines is 3. The molecule has 0 spiro atoms. The zero-order valence-electron chi connectivity index (χ0n) is 10.9. The van der Waals surface area contributed by atoms with Gasteiger partial charge in [0.05, 0.1) is 11.1 Å². The van der Waals surface area contributed by atoms with Crippen LogP contribution >= 0.6 is 27.3 Å². The maximum absolute atomic E-state index is 14.0. The van der Waals surface area contributed by atoms with E-state index in [2.05, 4.69) is 36.6 Å². The first-order chi connectivity index (χ1) is 10.1. The Labute approximate surface area is 132 Å². The number of benzene rings is 1. The molecule has 0 bridgehead atoms. The minimum atomic E-state index is -0.370. The highest BCUT2D eigenvalue weighted by molar-refractivity contribution is 9.10. The Hall–Kier alpha value is -1.77. The van der Waals surface area contributed by atoms with Crippen molar-refractivity contribution in [3.05, 3.63) is 39.4 Å². The van der Waals surface area contributed by atoms with Crippen molar-refractivity contribution >= 4 is 54.9 Å². The molecule has 3 rings (SSSR count). The molecule has 0 aliphatic rings. The number of thiophene rings is 1. The van der Waals surface area contributed by atoms with Crippen LogP contribution < -0.4 is 16.6 Å². The maximum Gasteiger partial charge on any atom is 0.240 e. The molecule has 21 heavy (non-hydrogen) atoms. The highest BCUT2D eigenvalue weighted by Gasteiger charge is 2.12. The fourth-order valence-corrected chi connectivity index (χ4v) is 3.13. The van der Waals surface area contributed by atoms with E-state index < -0.39 is 0 Å². The van der Waals surface area contributed by atoms with Gasteiger partial charge in [0.2, 0.25) is 5.95 Å². The van der Waals surface area contributed by atoms with Crippen LogP contribution in [0.2, 0.25) is 0 Å². The molecule has 0 aliphatic heterocycles. The number of hydrazine groups is 1. The molecule has 0 saturated carbocycles. The average Bonchev–Trinajstić information content (AvgIpc) is 2.82. The SMILES string of the molecule is Cc1cc2c(Nc3ccc(Br)cc3F)nc(NN)nc2s1. The normalized spacial score (nSPS) is 10.9. The topological polar surface area (TPSA) is 75.9 Å². The number of halogens is 2. The molecule has 0 unspecified atom stereocenters. The summed E-state index contributed by atoms with van der Waals surface area (Å²) in [5.41, 5.74) is 2.76. The van der Waals surface area contributed by atoms with Crippen LogP contribution in [0.5, 0.6) is 0 Å². The van der Waals surface area contributed by atoms with Crippen LogP contribution in [0.15, 0.2) is 28.7 Å². The second-order valence-electron chi connectivity index (χ2n) is 4.37. The first kappa shape index (κ1) is 14.2. The second-order valence-corrected chi connectivity index (χ2v) is 6.52. The number of aromatic nitrogens is 2. The summed E-state index contributed by atoms with van der Waals surface area (Å²) in [6.07, 6.45) is 0. The molecule has 108 valence electrons. The summed E-state index contributed by atoms with van der Waals surface area (Å²) in [5.74, 6) is 5.81. The van der Waals surface area contributed by atoms with E-state index in [0.29, 0.717) is 16.0 Å². The van der Waals surface area contributed by atoms with Crippen molar-refractivity contribution in [2.24, 2.45) is 5.84 Å². The van der Waals surface area contributed by atoms with Gasteiger partial charge in [-0.15, -0.1) is 11.3 Å². The largest absolute Gasteiger partial charge is 0.337 e. The van der Waals surface area contributed by atoms with Crippen LogP contribution in [0.1, 0.15) is 4.88 Å². The summed E-state index contributed by atoms with van der Waals surface area (Å²) in [5, 5.41) is 3.83. The summed E-state index contributed by atoms with van der Waals surface area (Å²) in [4.78, 5) is 10.4. The van der Waals surface area contributed by atoms with E-state index in [9.17, 15) is 4.39 Å². The Bertz CT molecular complexity index is 820. The molecular formula is C13H11BrFN5S. The van der Waals surface area contributed by atoms with Gasteiger partial charge < -0.3 is 5.32 Å². The minimum absolute atomic E-state index is 0.282. The zero-order chi connectivity index (χ0) is 15.0. The Morgan fingerprint density at radius 1 is 1.29 bits per heavy atom. The van der Waals surface area contributed by atoms with Crippen LogP contribution in [-0.2, 0) is 0 Å². The number of nitrogens with two attached hydrogens (primary N) is 1. The molecule has 0 saturated heterocycles. The molecule has 4 N–H and O–H groups in total. The average molecular weight is 368 g/mol. The molecule has 5 nitrogen and oxygen atoms in total. The van der Waals surface area contributed by atoms with Gasteiger partial charge in [0.1, 0.15) is 16.5 Å². The van der Waals surface area contributed by atoms with Crippen LogP contribution in [0.25, 0.3) is 10.2 Å². The number of fused-ring (bicyclic) bond motifs is 1. The molecule has 0 radical (unpaired) electrons. The number of nitrogen functional groups attached to an aromatic ring is 1. The van der Waals surface area contributed by atoms with Crippen molar-refractivity contribution in [2.75, 3.05) is 10.7 Å². The molecule has 8 heteroatoms. The lowest BCUT2D eigenvalue weighted by atomic mass is 10.3. The lowest BCUT2D eigenvalue weighted by molar-refractivity contribution is 0.631. The quantitative estimate of drug-likeness (QED) is 0.483. The number of hydrogen-bond acceptors (Lipinski definition) is 6. The van der Waals surface area contributed by atoms with E-state index in [-0.39, 0.29) is 11.8 Å². The Morgan fingerprint density at radius 3 is 2.81 bits per heavy atom. The van der Waals surface area contributed by atoms with Crippen LogP contribution in [0, 0.1) is 12.7 Å². The lowest BCUT2D eigenvalue weighted by Gasteiger charge is -2.09. The van der Waals surface area contributed by atoms with Gasteiger partial charge >= 0.3 is 0 Å². The maximum atomic E-state index is 14.0. The van der Waals surface area contributed by atoms with Gasteiger partial charge in [-0.1, -0.05) is 15.9 Å². The number of rotatable bonds is 3. The monoisotopic (exact) mass is 367 g/mol. The summed E-state index contributed by atoms with van der Waals surface area (Å²) >= 11 is 4.75.